The minimum Gasteiger partial charge on any atom is -0.383 e. The van der Waals surface area contributed by atoms with Gasteiger partial charge in [0, 0.05) is 36.9 Å². The van der Waals surface area contributed by atoms with Crippen LogP contribution in [0, 0.1) is 17.0 Å². The third-order valence-electron chi connectivity index (χ3n) is 4.25. The number of aryl methyl sites for hydroxylation is 1. The van der Waals surface area contributed by atoms with Crippen LogP contribution in [0.2, 0.25) is 5.02 Å². The van der Waals surface area contributed by atoms with Crippen molar-refractivity contribution < 1.29 is 14.5 Å². The van der Waals surface area contributed by atoms with E-state index in [0.717, 1.165) is 15.8 Å². The van der Waals surface area contributed by atoms with Crippen LogP contribution in [0.3, 0.4) is 0 Å². The quantitative estimate of drug-likeness (QED) is 0.329. The van der Waals surface area contributed by atoms with E-state index >= 15 is 0 Å². The molecule has 7 nitrogen and oxygen atoms in total. The molecule has 0 saturated heterocycles. The van der Waals surface area contributed by atoms with E-state index in [4.69, 9.17) is 16.3 Å². The molecule has 3 aromatic rings. The number of aromatic nitrogens is 1. The van der Waals surface area contributed by atoms with Gasteiger partial charge in [0.1, 0.15) is 0 Å². The molecule has 0 aliphatic rings. The molecule has 0 aliphatic heterocycles. The Morgan fingerprint density at radius 3 is 2.90 bits per heavy atom. The highest BCUT2D eigenvalue weighted by molar-refractivity contribution is 7.16. The smallest absolute Gasteiger partial charge is 0.272 e. The highest BCUT2D eigenvalue weighted by Crippen LogP contribution is 2.27. The SMILES string of the molecule is COCCn1c(=NC(=O)C=Cc2cccc([N+](=O)[O-])c2)sc2ccc(Cl)c(C)c21. The number of non-ortho nitro benzene ring substituents is 1. The summed E-state index contributed by atoms with van der Waals surface area (Å²) < 4.78 is 8.08. The molecule has 150 valence electrons. The number of carbonyl (C=O) groups is 1. The van der Waals surface area contributed by atoms with Gasteiger partial charge in [-0.1, -0.05) is 35.1 Å². The molecule has 1 amide bonds. The maximum atomic E-state index is 12.4. The Morgan fingerprint density at radius 1 is 1.38 bits per heavy atom. The molecule has 0 N–H and O–H groups in total. The lowest BCUT2D eigenvalue weighted by Gasteiger charge is -2.07. The first kappa shape index (κ1) is 20.9. The molecule has 0 unspecified atom stereocenters. The van der Waals surface area contributed by atoms with E-state index < -0.39 is 10.8 Å². The molecule has 1 aromatic heterocycles. The van der Waals surface area contributed by atoms with Crippen LogP contribution in [0.5, 0.6) is 0 Å². The summed E-state index contributed by atoms with van der Waals surface area (Å²) in [7, 11) is 1.61. The average Bonchev–Trinajstić information content (AvgIpc) is 3.05. The van der Waals surface area contributed by atoms with Crippen LogP contribution >= 0.6 is 22.9 Å². The highest BCUT2D eigenvalue weighted by atomic mass is 35.5. The third-order valence-corrected chi connectivity index (χ3v) is 5.71. The van der Waals surface area contributed by atoms with Gasteiger partial charge < -0.3 is 9.30 Å². The van der Waals surface area contributed by atoms with Crippen LogP contribution < -0.4 is 4.80 Å². The maximum Gasteiger partial charge on any atom is 0.272 e. The van der Waals surface area contributed by atoms with Crippen molar-refractivity contribution >= 4 is 50.8 Å². The molecule has 1 heterocycles. The number of benzene rings is 2. The fourth-order valence-corrected chi connectivity index (χ4v) is 4.11. The molecule has 3 rings (SSSR count). The number of thiazole rings is 1. The summed E-state index contributed by atoms with van der Waals surface area (Å²) in [5, 5.41) is 11.5. The minimum absolute atomic E-state index is 0.0363. The predicted molar refractivity (Wildman–Crippen MR) is 114 cm³/mol. The summed E-state index contributed by atoms with van der Waals surface area (Å²) in [6, 6.07) is 9.77. The van der Waals surface area contributed by atoms with Gasteiger partial charge in [0.05, 0.1) is 21.7 Å². The number of ether oxygens (including phenoxy) is 1. The number of fused-ring (bicyclic) bond motifs is 1. The summed E-state index contributed by atoms with van der Waals surface area (Å²) in [6.45, 7) is 2.91. The van der Waals surface area contributed by atoms with Gasteiger partial charge in [0.15, 0.2) is 4.80 Å². The number of amides is 1. The van der Waals surface area contributed by atoms with E-state index in [1.54, 1.807) is 19.2 Å². The van der Waals surface area contributed by atoms with Gasteiger partial charge in [0.25, 0.3) is 11.6 Å². The van der Waals surface area contributed by atoms with Crippen molar-refractivity contribution in [2.45, 2.75) is 13.5 Å². The van der Waals surface area contributed by atoms with Gasteiger partial charge in [-0.2, -0.15) is 4.99 Å². The van der Waals surface area contributed by atoms with Crippen molar-refractivity contribution in [2.24, 2.45) is 4.99 Å². The number of nitrogens with zero attached hydrogens (tertiary/aromatic N) is 3. The van der Waals surface area contributed by atoms with Gasteiger partial charge in [-0.3, -0.25) is 14.9 Å². The molecule has 0 saturated carbocycles. The molecule has 0 bridgehead atoms. The predicted octanol–water partition coefficient (Wildman–Crippen LogP) is 4.36. The summed E-state index contributed by atoms with van der Waals surface area (Å²) >= 11 is 7.66. The number of rotatable bonds is 6. The Labute approximate surface area is 175 Å². The second kappa shape index (κ2) is 9.13. The van der Waals surface area contributed by atoms with Crippen LogP contribution in [0.1, 0.15) is 11.1 Å². The fraction of sp³-hybridized carbons (Fsp3) is 0.200. The molecule has 0 spiro atoms. The zero-order valence-corrected chi connectivity index (χ0v) is 17.4. The van der Waals surface area contributed by atoms with Crippen LogP contribution in [-0.4, -0.2) is 29.1 Å². The van der Waals surface area contributed by atoms with Gasteiger partial charge in [-0.05, 0) is 36.3 Å². The molecule has 9 heteroatoms. The molecular weight excluding hydrogens is 414 g/mol. The summed E-state index contributed by atoms with van der Waals surface area (Å²) in [4.78, 5) is 27.6. The van der Waals surface area contributed by atoms with E-state index in [0.29, 0.717) is 28.5 Å². The number of hydrogen-bond acceptors (Lipinski definition) is 5. The lowest BCUT2D eigenvalue weighted by atomic mass is 10.2. The number of hydrogen-bond donors (Lipinski definition) is 0. The first-order chi connectivity index (χ1) is 13.9. The average molecular weight is 432 g/mol. The van der Waals surface area contributed by atoms with Crippen LogP contribution in [-0.2, 0) is 16.1 Å². The Morgan fingerprint density at radius 2 is 2.17 bits per heavy atom. The van der Waals surface area contributed by atoms with Crippen molar-refractivity contribution in [1.82, 2.24) is 4.57 Å². The van der Waals surface area contributed by atoms with Crippen molar-refractivity contribution in [3.8, 4) is 0 Å². The fourth-order valence-electron chi connectivity index (χ4n) is 2.83. The molecule has 2 aromatic carbocycles. The normalized spacial score (nSPS) is 12.2. The molecule has 0 radical (unpaired) electrons. The maximum absolute atomic E-state index is 12.4. The number of nitro benzene ring substituents is 1. The topological polar surface area (TPSA) is 86.7 Å². The van der Waals surface area contributed by atoms with E-state index in [9.17, 15) is 14.9 Å². The van der Waals surface area contributed by atoms with E-state index in [1.807, 2.05) is 23.6 Å². The Balaban J connectivity index is 1.98. The lowest BCUT2D eigenvalue weighted by Crippen LogP contribution is -2.19. The number of carbonyl (C=O) groups excluding carboxylic acids is 1. The standard InChI is InChI=1S/C20H18ClN3O4S/c1-13-16(21)7-8-17-19(13)23(10-11-28-2)20(29-17)22-18(25)9-6-14-4-3-5-15(12-14)24(26)27/h3-9,12H,10-11H2,1-2H3. The molecule has 0 atom stereocenters. The van der Waals surface area contributed by atoms with Gasteiger partial charge in [0.2, 0.25) is 0 Å². The second-order valence-electron chi connectivity index (χ2n) is 6.18. The van der Waals surface area contributed by atoms with Crippen LogP contribution in [0.4, 0.5) is 5.69 Å². The molecule has 0 aliphatic carbocycles. The van der Waals surface area contributed by atoms with Crippen molar-refractivity contribution in [3.63, 3.8) is 0 Å². The van der Waals surface area contributed by atoms with E-state index in [-0.39, 0.29) is 5.69 Å². The monoisotopic (exact) mass is 431 g/mol. The van der Waals surface area contributed by atoms with Crippen LogP contribution in [0.25, 0.3) is 16.3 Å². The largest absolute Gasteiger partial charge is 0.383 e. The lowest BCUT2D eigenvalue weighted by molar-refractivity contribution is -0.384. The van der Waals surface area contributed by atoms with Gasteiger partial charge in [-0.15, -0.1) is 0 Å². The van der Waals surface area contributed by atoms with Crippen molar-refractivity contribution in [2.75, 3.05) is 13.7 Å². The number of nitro groups is 1. The zero-order valence-electron chi connectivity index (χ0n) is 15.8. The Hall–Kier alpha value is -2.81. The summed E-state index contributed by atoms with van der Waals surface area (Å²) in [6.07, 6.45) is 2.80. The summed E-state index contributed by atoms with van der Waals surface area (Å²) in [5.41, 5.74) is 2.35. The molecule has 0 fully saturated rings. The Bertz CT molecular complexity index is 1180. The minimum atomic E-state index is -0.479. The number of methoxy groups -OCH3 is 1. The highest BCUT2D eigenvalue weighted by Gasteiger charge is 2.12. The van der Waals surface area contributed by atoms with Crippen LogP contribution in [0.15, 0.2) is 47.5 Å². The van der Waals surface area contributed by atoms with Gasteiger partial charge in [-0.25, -0.2) is 0 Å². The molecular formula is C20H18ClN3O4S. The number of halogens is 1. The molecule has 29 heavy (non-hydrogen) atoms. The van der Waals surface area contributed by atoms with Crippen molar-refractivity contribution in [3.05, 3.63) is 73.5 Å². The second-order valence-corrected chi connectivity index (χ2v) is 7.60. The van der Waals surface area contributed by atoms with E-state index in [2.05, 4.69) is 4.99 Å². The van der Waals surface area contributed by atoms with E-state index in [1.165, 1.54) is 35.6 Å². The summed E-state index contributed by atoms with van der Waals surface area (Å²) in [5.74, 6) is -0.460. The third kappa shape index (κ3) is 4.79. The first-order valence-corrected chi connectivity index (χ1v) is 9.88. The van der Waals surface area contributed by atoms with Crippen molar-refractivity contribution in [1.29, 1.82) is 0 Å². The Kier molecular flexibility index (Phi) is 6.58. The van der Waals surface area contributed by atoms with Gasteiger partial charge >= 0.3 is 0 Å². The zero-order chi connectivity index (χ0) is 21.0. The first-order valence-electron chi connectivity index (χ1n) is 8.69.